The van der Waals surface area contributed by atoms with Crippen molar-refractivity contribution in [1.29, 1.82) is 0 Å². The van der Waals surface area contributed by atoms with E-state index in [0.717, 1.165) is 12.8 Å². The van der Waals surface area contributed by atoms with Gasteiger partial charge in [-0.05, 0) is 33.1 Å². The van der Waals surface area contributed by atoms with Crippen LogP contribution in [0.4, 0.5) is 9.18 Å². The molecule has 1 saturated carbocycles. The Balaban J connectivity index is 1.79. The van der Waals surface area contributed by atoms with Crippen LogP contribution in [0, 0.1) is 0 Å². The second-order valence-electron chi connectivity index (χ2n) is 5.23. The van der Waals surface area contributed by atoms with Gasteiger partial charge in [0.2, 0.25) is 0 Å². The maximum Gasteiger partial charge on any atom is 0.410 e. The van der Waals surface area contributed by atoms with E-state index < -0.39 is 12.3 Å². The van der Waals surface area contributed by atoms with Crippen LogP contribution in [0.1, 0.15) is 33.1 Å². The Bertz CT molecular complexity index is 282. The standard InChI is InChI=1S/C12H21FN2O2/c1-8(2)17-12(16)15-6-5-11(10(13)7-15)14-9-3-4-9/h8-11,14H,3-7H2,1-2H3. The molecule has 2 rings (SSSR count). The first-order valence-corrected chi connectivity index (χ1v) is 6.42. The lowest BCUT2D eigenvalue weighted by molar-refractivity contribution is 0.0478. The molecule has 1 N–H and O–H groups in total. The van der Waals surface area contributed by atoms with Gasteiger partial charge in [0, 0.05) is 18.6 Å². The van der Waals surface area contributed by atoms with E-state index in [2.05, 4.69) is 5.32 Å². The van der Waals surface area contributed by atoms with Gasteiger partial charge in [0.15, 0.2) is 0 Å². The number of carbonyl (C=O) groups excluding carboxylic acids is 1. The molecular weight excluding hydrogens is 223 g/mol. The van der Waals surface area contributed by atoms with Gasteiger partial charge in [-0.3, -0.25) is 0 Å². The van der Waals surface area contributed by atoms with Crippen LogP contribution in [-0.2, 0) is 4.74 Å². The molecule has 17 heavy (non-hydrogen) atoms. The lowest BCUT2D eigenvalue weighted by Gasteiger charge is -2.34. The van der Waals surface area contributed by atoms with Crippen molar-refractivity contribution < 1.29 is 13.9 Å². The summed E-state index contributed by atoms with van der Waals surface area (Å²) in [6.07, 6.45) is 1.45. The van der Waals surface area contributed by atoms with Crippen molar-refractivity contribution in [3.8, 4) is 0 Å². The predicted molar refractivity (Wildman–Crippen MR) is 62.6 cm³/mol. The number of amides is 1. The molecule has 4 nitrogen and oxygen atoms in total. The average Bonchev–Trinajstić information content (AvgIpc) is 3.04. The number of rotatable bonds is 3. The minimum Gasteiger partial charge on any atom is -0.447 e. The van der Waals surface area contributed by atoms with Crippen LogP contribution in [-0.4, -0.2) is 48.4 Å². The normalized spacial score (nSPS) is 29.5. The molecule has 1 amide bonds. The molecule has 0 aromatic carbocycles. The fraction of sp³-hybridized carbons (Fsp3) is 0.917. The highest BCUT2D eigenvalue weighted by Gasteiger charge is 2.35. The van der Waals surface area contributed by atoms with Crippen molar-refractivity contribution in [2.75, 3.05) is 13.1 Å². The van der Waals surface area contributed by atoms with Crippen molar-refractivity contribution in [1.82, 2.24) is 10.2 Å². The maximum absolute atomic E-state index is 13.9. The van der Waals surface area contributed by atoms with Gasteiger partial charge >= 0.3 is 6.09 Å². The van der Waals surface area contributed by atoms with Crippen LogP contribution < -0.4 is 5.32 Å². The number of alkyl halides is 1. The van der Waals surface area contributed by atoms with Gasteiger partial charge in [0.25, 0.3) is 0 Å². The van der Waals surface area contributed by atoms with Crippen LogP contribution in [0.15, 0.2) is 0 Å². The number of halogens is 1. The van der Waals surface area contributed by atoms with Crippen LogP contribution in [0.5, 0.6) is 0 Å². The van der Waals surface area contributed by atoms with Crippen LogP contribution >= 0.6 is 0 Å². The fourth-order valence-corrected chi connectivity index (χ4v) is 2.09. The van der Waals surface area contributed by atoms with E-state index in [9.17, 15) is 9.18 Å². The molecule has 2 fully saturated rings. The van der Waals surface area contributed by atoms with Crippen molar-refractivity contribution in [2.24, 2.45) is 0 Å². The molecule has 0 radical (unpaired) electrons. The molecule has 1 heterocycles. The van der Waals surface area contributed by atoms with E-state index in [1.807, 2.05) is 0 Å². The zero-order valence-electron chi connectivity index (χ0n) is 10.5. The van der Waals surface area contributed by atoms with Gasteiger partial charge in [0.1, 0.15) is 6.17 Å². The van der Waals surface area contributed by atoms with Gasteiger partial charge in [-0.15, -0.1) is 0 Å². The molecule has 2 atom stereocenters. The zero-order chi connectivity index (χ0) is 12.4. The summed E-state index contributed by atoms with van der Waals surface area (Å²) in [6, 6.07) is 0.415. The molecule has 0 aromatic rings. The summed E-state index contributed by atoms with van der Waals surface area (Å²) >= 11 is 0. The van der Waals surface area contributed by atoms with Gasteiger partial charge in [-0.1, -0.05) is 0 Å². The first kappa shape index (κ1) is 12.6. The van der Waals surface area contributed by atoms with Gasteiger partial charge in [-0.2, -0.15) is 0 Å². The molecule has 1 saturated heterocycles. The number of likely N-dealkylation sites (tertiary alicyclic amines) is 1. The Kier molecular flexibility index (Phi) is 3.86. The Labute approximate surface area is 101 Å². The molecule has 0 aromatic heterocycles. The molecule has 2 aliphatic rings. The SMILES string of the molecule is CC(C)OC(=O)N1CCC(NC2CC2)C(F)C1. The Hall–Kier alpha value is -0.840. The maximum atomic E-state index is 13.9. The second kappa shape index (κ2) is 5.21. The summed E-state index contributed by atoms with van der Waals surface area (Å²) < 4.78 is 18.9. The molecule has 1 aliphatic heterocycles. The fourth-order valence-electron chi connectivity index (χ4n) is 2.09. The summed E-state index contributed by atoms with van der Waals surface area (Å²) in [5.74, 6) is 0. The van der Waals surface area contributed by atoms with E-state index in [1.165, 1.54) is 4.90 Å². The van der Waals surface area contributed by atoms with Crippen LogP contribution in [0.2, 0.25) is 0 Å². The van der Waals surface area contributed by atoms with Crippen molar-refractivity contribution in [3.63, 3.8) is 0 Å². The van der Waals surface area contributed by atoms with Crippen LogP contribution in [0.25, 0.3) is 0 Å². The minimum atomic E-state index is -0.982. The number of hydrogen-bond donors (Lipinski definition) is 1. The lowest BCUT2D eigenvalue weighted by Crippen LogP contribution is -2.53. The topological polar surface area (TPSA) is 41.6 Å². The van der Waals surface area contributed by atoms with Gasteiger partial charge < -0.3 is 15.0 Å². The first-order valence-electron chi connectivity index (χ1n) is 6.42. The van der Waals surface area contributed by atoms with E-state index in [0.29, 0.717) is 19.0 Å². The molecule has 5 heteroatoms. The summed E-state index contributed by atoms with van der Waals surface area (Å²) in [6.45, 7) is 4.32. The van der Waals surface area contributed by atoms with E-state index >= 15 is 0 Å². The van der Waals surface area contributed by atoms with Crippen LogP contribution in [0.3, 0.4) is 0 Å². The van der Waals surface area contributed by atoms with E-state index in [4.69, 9.17) is 4.74 Å². The molecule has 2 unspecified atom stereocenters. The Morgan fingerprint density at radius 2 is 2.12 bits per heavy atom. The number of ether oxygens (including phenoxy) is 1. The van der Waals surface area contributed by atoms with Gasteiger partial charge in [-0.25, -0.2) is 9.18 Å². The second-order valence-corrected chi connectivity index (χ2v) is 5.23. The summed E-state index contributed by atoms with van der Waals surface area (Å²) in [5.41, 5.74) is 0. The monoisotopic (exact) mass is 244 g/mol. The highest BCUT2D eigenvalue weighted by Crippen LogP contribution is 2.23. The number of piperidine rings is 1. The van der Waals surface area contributed by atoms with Crippen molar-refractivity contribution in [2.45, 2.75) is 57.5 Å². The quantitative estimate of drug-likeness (QED) is 0.821. The van der Waals surface area contributed by atoms with Crippen molar-refractivity contribution >= 4 is 6.09 Å². The average molecular weight is 244 g/mol. The van der Waals surface area contributed by atoms with Gasteiger partial charge in [0.05, 0.1) is 12.6 Å². The summed E-state index contributed by atoms with van der Waals surface area (Å²) in [7, 11) is 0. The Morgan fingerprint density at radius 1 is 1.41 bits per heavy atom. The predicted octanol–water partition coefficient (Wildman–Crippen LogP) is 1.70. The number of nitrogens with zero attached hydrogens (tertiary/aromatic N) is 1. The first-order chi connectivity index (χ1) is 8.06. The third-order valence-electron chi connectivity index (χ3n) is 3.16. The number of nitrogens with one attached hydrogen (secondary N) is 1. The minimum absolute atomic E-state index is 0.0920. The molecule has 1 aliphatic carbocycles. The number of carbonyl (C=O) groups is 1. The smallest absolute Gasteiger partial charge is 0.410 e. The Morgan fingerprint density at radius 3 is 2.65 bits per heavy atom. The molecule has 98 valence electrons. The molecule has 0 bridgehead atoms. The highest BCUT2D eigenvalue weighted by molar-refractivity contribution is 5.68. The number of hydrogen-bond acceptors (Lipinski definition) is 3. The van der Waals surface area contributed by atoms with E-state index in [1.54, 1.807) is 13.8 Å². The lowest BCUT2D eigenvalue weighted by atomic mass is 10.0. The zero-order valence-corrected chi connectivity index (χ0v) is 10.5. The third-order valence-corrected chi connectivity index (χ3v) is 3.16. The molecule has 0 spiro atoms. The summed E-state index contributed by atoms with van der Waals surface area (Å²) in [5, 5.41) is 3.29. The van der Waals surface area contributed by atoms with E-state index in [-0.39, 0.29) is 18.7 Å². The highest BCUT2D eigenvalue weighted by atomic mass is 19.1. The third kappa shape index (κ3) is 3.56. The largest absolute Gasteiger partial charge is 0.447 e. The van der Waals surface area contributed by atoms with Crippen molar-refractivity contribution in [3.05, 3.63) is 0 Å². The summed E-state index contributed by atoms with van der Waals surface area (Å²) in [4.78, 5) is 13.1. The molecular formula is C12H21FN2O2.